The van der Waals surface area contributed by atoms with Crippen molar-refractivity contribution >= 4 is 0 Å². The van der Waals surface area contributed by atoms with E-state index in [0.717, 1.165) is 0 Å². The van der Waals surface area contributed by atoms with E-state index >= 15 is 0 Å². The Hall–Kier alpha value is 1.52. The number of rotatable bonds is 6. The van der Waals surface area contributed by atoms with Crippen molar-refractivity contribution in [1.29, 1.82) is 0 Å². The second-order valence-electron chi connectivity index (χ2n) is 5.20. The fraction of sp³-hybridized carbons (Fsp3) is 1.00. The van der Waals surface area contributed by atoms with Crippen molar-refractivity contribution in [2.45, 2.75) is 27.7 Å². The van der Waals surface area contributed by atoms with E-state index in [-0.39, 0.29) is 62.2 Å². The molecule has 0 heterocycles. The molecule has 0 unspecified atom stereocenters. The molecule has 0 amide bonds. The number of nitrogens with one attached hydrogen (secondary N) is 1. The topological polar surface area (TPSA) is 59.0 Å². The summed E-state index contributed by atoms with van der Waals surface area (Å²) >= 11 is 0. The van der Waals surface area contributed by atoms with Crippen LogP contribution in [0.2, 0.25) is 0 Å². The first-order valence-electron chi connectivity index (χ1n) is 4.75. The van der Waals surface area contributed by atoms with Gasteiger partial charge in [-0.05, 0) is 12.0 Å². The van der Waals surface area contributed by atoms with Crippen LogP contribution in [0.4, 0.5) is 0 Å². The molecule has 0 aromatic heterocycles. The third kappa shape index (κ3) is 8.80. The minimum Gasteiger partial charge on any atom is -0.677 e. The standard InChI is InChI=1S/C10H23N2O.K/c1-9(2,5-11)7-13-8-10(3,4)6-12;/h11H,5-8,12H2,1-4H3;/q-1;+1. The smallest absolute Gasteiger partial charge is 0.677 e. The summed E-state index contributed by atoms with van der Waals surface area (Å²) in [6, 6.07) is 0. The van der Waals surface area contributed by atoms with Crippen LogP contribution in [0.3, 0.4) is 0 Å². The zero-order valence-corrected chi connectivity index (χ0v) is 13.4. The Morgan fingerprint density at radius 3 is 1.86 bits per heavy atom. The van der Waals surface area contributed by atoms with Crippen molar-refractivity contribution in [3.63, 3.8) is 0 Å². The number of nitrogens with two attached hydrogens (primary N) is 1. The largest absolute Gasteiger partial charge is 1.00 e. The van der Waals surface area contributed by atoms with Gasteiger partial charge in [0.25, 0.3) is 0 Å². The summed E-state index contributed by atoms with van der Waals surface area (Å²) < 4.78 is 5.54. The van der Waals surface area contributed by atoms with E-state index in [1.165, 1.54) is 0 Å². The molecule has 0 saturated heterocycles. The van der Waals surface area contributed by atoms with E-state index in [1.54, 1.807) is 0 Å². The molecule has 3 nitrogen and oxygen atoms in total. The molecule has 0 fully saturated rings. The first-order chi connectivity index (χ1) is 5.83. The Bertz CT molecular complexity index is 133. The molecule has 0 aliphatic carbocycles. The summed E-state index contributed by atoms with van der Waals surface area (Å²) in [6.07, 6.45) is 0. The summed E-state index contributed by atoms with van der Waals surface area (Å²) in [5, 5.41) is 0. The molecule has 0 saturated carbocycles. The summed E-state index contributed by atoms with van der Waals surface area (Å²) in [4.78, 5) is 0. The van der Waals surface area contributed by atoms with Gasteiger partial charge in [0.15, 0.2) is 0 Å². The predicted molar refractivity (Wildman–Crippen MR) is 56.6 cm³/mol. The van der Waals surface area contributed by atoms with Crippen LogP contribution in [0, 0.1) is 10.8 Å². The average molecular weight is 226 g/mol. The minimum absolute atomic E-state index is 0. The molecule has 3 N–H and O–H groups in total. The van der Waals surface area contributed by atoms with Crippen molar-refractivity contribution in [2.24, 2.45) is 16.6 Å². The molecule has 14 heavy (non-hydrogen) atoms. The van der Waals surface area contributed by atoms with Crippen LogP contribution in [0.25, 0.3) is 5.73 Å². The van der Waals surface area contributed by atoms with Crippen LogP contribution in [-0.2, 0) is 4.74 Å². The van der Waals surface area contributed by atoms with Crippen molar-refractivity contribution < 1.29 is 56.1 Å². The summed E-state index contributed by atoms with van der Waals surface area (Å²) in [5.41, 5.74) is 12.9. The third-order valence-electron chi connectivity index (χ3n) is 2.02. The monoisotopic (exact) mass is 226 g/mol. The summed E-state index contributed by atoms with van der Waals surface area (Å²) in [5.74, 6) is 0. The van der Waals surface area contributed by atoms with Gasteiger partial charge >= 0.3 is 51.4 Å². The zero-order valence-electron chi connectivity index (χ0n) is 10.3. The molecule has 0 aliphatic heterocycles. The molecular formula is C10H23KN2O. The fourth-order valence-electron chi connectivity index (χ4n) is 0.714. The fourth-order valence-corrected chi connectivity index (χ4v) is 0.714. The van der Waals surface area contributed by atoms with Crippen molar-refractivity contribution in [3.05, 3.63) is 5.73 Å². The summed E-state index contributed by atoms with van der Waals surface area (Å²) in [6.45, 7) is 10.6. The van der Waals surface area contributed by atoms with E-state index in [4.69, 9.17) is 16.2 Å². The Morgan fingerprint density at radius 2 is 1.50 bits per heavy atom. The number of ether oxygens (including phenoxy) is 1. The normalized spacial score (nSPS) is 12.4. The van der Waals surface area contributed by atoms with Gasteiger partial charge in [0.1, 0.15) is 0 Å². The SMILES string of the molecule is CC(C)(C[NH-])COCC(C)(C)CN.[K+]. The molecule has 0 spiro atoms. The Kier molecular flexibility index (Phi) is 9.89. The van der Waals surface area contributed by atoms with Crippen LogP contribution in [-0.4, -0.2) is 26.3 Å². The first kappa shape index (κ1) is 17.9. The Labute approximate surface area is 131 Å². The Morgan fingerprint density at radius 1 is 1.07 bits per heavy atom. The van der Waals surface area contributed by atoms with Gasteiger partial charge in [-0.3, -0.25) is 0 Å². The molecule has 0 atom stereocenters. The van der Waals surface area contributed by atoms with Crippen LogP contribution in [0.1, 0.15) is 27.7 Å². The van der Waals surface area contributed by atoms with Gasteiger partial charge in [0.2, 0.25) is 0 Å². The van der Waals surface area contributed by atoms with Crippen molar-refractivity contribution in [3.8, 4) is 0 Å². The quantitative estimate of drug-likeness (QED) is 0.595. The first-order valence-corrected chi connectivity index (χ1v) is 4.75. The molecule has 0 rings (SSSR count). The molecular weight excluding hydrogens is 203 g/mol. The van der Waals surface area contributed by atoms with E-state index in [2.05, 4.69) is 13.8 Å². The molecule has 0 radical (unpaired) electrons. The van der Waals surface area contributed by atoms with Gasteiger partial charge in [-0.2, -0.15) is 0 Å². The second kappa shape index (κ2) is 7.74. The maximum absolute atomic E-state index is 7.28. The van der Waals surface area contributed by atoms with Crippen LogP contribution >= 0.6 is 0 Å². The van der Waals surface area contributed by atoms with Crippen LogP contribution in [0.15, 0.2) is 0 Å². The molecule has 80 valence electrons. The molecule has 0 bridgehead atoms. The minimum atomic E-state index is -0.0370. The maximum atomic E-state index is 7.28. The van der Waals surface area contributed by atoms with Gasteiger partial charge in [-0.1, -0.05) is 27.7 Å². The maximum Gasteiger partial charge on any atom is 1.00 e. The van der Waals surface area contributed by atoms with Crippen LogP contribution < -0.4 is 57.1 Å². The molecule has 0 aliphatic rings. The third-order valence-corrected chi connectivity index (χ3v) is 2.02. The van der Waals surface area contributed by atoms with E-state index in [9.17, 15) is 0 Å². The van der Waals surface area contributed by atoms with Gasteiger partial charge < -0.3 is 16.2 Å². The van der Waals surface area contributed by atoms with Crippen molar-refractivity contribution in [2.75, 3.05) is 26.3 Å². The van der Waals surface area contributed by atoms with E-state index < -0.39 is 0 Å². The molecule has 0 aromatic rings. The molecule has 0 aromatic carbocycles. The van der Waals surface area contributed by atoms with Gasteiger partial charge in [-0.15, -0.1) is 6.54 Å². The van der Waals surface area contributed by atoms with E-state index in [1.807, 2.05) is 13.8 Å². The van der Waals surface area contributed by atoms with Gasteiger partial charge in [0, 0.05) is 5.41 Å². The second-order valence-corrected chi connectivity index (χ2v) is 5.20. The number of hydrogen-bond acceptors (Lipinski definition) is 2. The van der Waals surface area contributed by atoms with Crippen molar-refractivity contribution in [1.82, 2.24) is 0 Å². The predicted octanol–water partition coefficient (Wildman–Crippen LogP) is -0.930. The van der Waals surface area contributed by atoms with Gasteiger partial charge in [-0.25, -0.2) is 0 Å². The van der Waals surface area contributed by atoms with E-state index in [0.29, 0.717) is 26.3 Å². The Balaban J connectivity index is 0. The van der Waals surface area contributed by atoms with Gasteiger partial charge in [0.05, 0.1) is 13.2 Å². The molecule has 4 heteroatoms. The van der Waals surface area contributed by atoms with Crippen LogP contribution in [0.5, 0.6) is 0 Å². The summed E-state index contributed by atoms with van der Waals surface area (Å²) in [7, 11) is 0. The average Bonchev–Trinajstić information content (AvgIpc) is 2.04. The number of hydrogen-bond donors (Lipinski definition) is 1. The zero-order chi connectivity index (χ0) is 10.5.